The van der Waals surface area contributed by atoms with Crippen LogP contribution in [-0.4, -0.2) is 27.2 Å². The van der Waals surface area contributed by atoms with Crippen molar-refractivity contribution < 1.29 is 0 Å². The summed E-state index contributed by atoms with van der Waals surface area (Å²) in [7, 11) is 0. The number of hydrogen-bond donors (Lipinski definition) is 2. The molecule has 2 rings (SSSR count). The lowest BCUT2D eigenvalue weighted by molar-refractivity contribution is 0.285. The van der Waals surface area contributed by atoms with Crippen molar-refractivity contribution in [3.8, 4) is 0 Å². The van der Waals surface area contributed by atoms with E-state index in [2.05, 4.69) is 34.5 Å². The first kappa shape index (κ1) is 10.5. The Morgan fingerprint density at radius 3 is 2.53 bits per heavy atom. The summed E-state index contributed by atoms with van der Waals surface area (Å²) in [5.74, 6) is 2.37. The summed E-state index contributed by atoms with van der Waals surface area (Å²) in [4.78, 5) is 0. The van der Waals surface area contributed by atoms with E-state index < -0.39 is 0 Å². The van der Waals surface area contributed by atoms with Crippen molar-refractivity contribution in [2.24, 2.45) is 23.0 Å². The molecule has 0 saturated heterocycles. The zero-order valence-electron chi connectivity index (χ0n) is 9.40. The Hall–Kier alpha value is -0.970. The van der Waals surface area contributed by atoms with Crippen molar-refractivity contribution in [3.63, 3.8) is 0 Å². The standard InChI is InChI=1S/C10H19N5/c1-7-3-10(6-11,4-8(7)2)5-9-12-14-15-13-9/h7-8H,3-6,11H2,1-2H3,(H,12,13,14,15). The summed E-state index contributed by atoms with van der Waals surface area (Å²) in [5, 5.41) is 14.0. The van der Waals surface area contributed by atoms with Crippen molar-refractivity contribution in [2.45, 2.75) is 33.1 Å². The molecule has 0 bridgehead atoms. The summed E-state index contributed by atoms with van der Waals surface area (Å²) in [5.41, 5.74) is 6.14. The van der Waals surface area contributed by atoms with Gasteiger partial charge in [0.1, 0.15) is 5.82 Å². The molecule has 1 fully saturated rings. The molecular weight excluding hydrogens is 190 g/mol. The lowest BCUT2D eigenvalue weighted by Gasteiger charge is -2.26. The minimum Gasteiger partial charge on any atom is -0.330 e. The molecule has 0 spiro atoms. The second-order valence-electron chi connectivity index (χ2n) is 5.09. The lowest BCUT2D eigenvalue weighted by Crippen LogP contribution is -2.31. The topological polar surface area (TPSA) is 80.5 Å². The predicted molar refractivity (Wildman–Crippen MR) is 56.9 cm³/mol. The van der Waals surface area contributed by atoms with Gasteiger partial charge >= 0.3 is 0 Å². The number of aromatic nitrogens is 4. The molecule has 15 heavy (non-hydrogen) atoms. The van der Waals surface area contributed by atoms with Crippen LogP contribution in [0.15, 0.2) is 0 Å². The van der Waals surface area contributed by atoms with Gasteiger partial charge in [0.2, 0.25) is 0 Å². The van der Waals surface area contributed by atoms with Gasteiger partial charge in [-0.3, -0.25) is 0 Å². The zero-order valence-corrected chi connectivity index (χ0v) is 9.40. The van der Waals surface area contributed by atoms with E-state index in [-0.39, 0.29) is 5.41 Å². The molecule has 3 N–H and O–H groups in total. The first-order valence-corrected chi connectivity index (χ1v) is 5.58. The fraction of sp³-hybridized carbons (Fsp3) is 0.900. The first-order valence-electron chi connectivity index (χ1n) is 5.58. The zero-order chi connectivity index (χ0) is 10.9. The van der Waals surface area contributed by atoms with Crippen LogP contribution >= 0.6 is 0 Å². The van der Waals surface area contributed by atoms with Crippen molar-refractivity contribution in [2.75, 3.05) is 6.54 Å². The van der Waals surface area contributed by atoms with E-state index >= 15 is 0 Å². The number of H-pyrrole nitrogens is 1. The van der Waals surface area contributed by atoms with Crippen LogP contribution in [0.4, 0.5) is 0 Å². The number of hydrogen-bond acceptors (Lipinski definition) is 4. The van der Waals surface area contributed by atoms with Gasteiger partial charge < -0.3 is 5.73 Å². The summed E-state index contributed by atoms with van der Waals surface area (Å²) < 4.78 is 0. The molecule has 1 aromatic heterocycles. The average molecular weight is 209 g/mol. The Balaban J connectivity index is 2.10. The maximum absolute atomic E-state index is 5.93. The minimum absolute atomic E-state index is 0.208. The molecule has 2 atom stereocenters. The van der Waals surface area contributed by atoms with Gasteiger partial charge in [0.25, 0.3) is 0 Å². The van der Waals surface area contributed by atoms with Gasteiger partial charge in [0, 0.05) is 6.42 Å². The smallest absolute Gasteiger partial charge is 0.149 e. The predicted octanol–water partition coefficient (Wildman–Crippen LogP) is 0.753. The van der Waals surface area contributed by atoms with Crippen molar-refractivity contribution in [1.29, 1.82) is 0 Å². The first-order chi connectivity index (χ1) is 7.15. The molecule has 1 heterocycles. The molecule has 84 valence electrons. The maximum atomic E-state index is 5.93. The number of nitrogens with zero attached hydrogens (tertiary/aromatic N) is 3. The van der Waals surface area contributed by atoms with Crippen LogP contribution in [0.5, 0.6) is 0 Å². The molecule has 0 radical (unpaired) electrons. The van der Waals surface area contributed by atoms with Crippen LogP contribution in [0.1, 0.15) is 32.5 Å². The van der Waals surface area contributed by atoms with E-state index in [9.17, 15) is 0 Å². The van der Waals surface area contributed by atoms with Crippen LogP contribution < -0.4 is 5.73 Å². The SMILES string of the molecule is CC1CC(CN)(Cc2nnn[nH]2)CC1C. The third-order valence-corrected chi connectivity index (χ3v) is 3.85. The van der Waals surface area contributed by atoms with Gasteiger partial charge in [0.15, 0.2) is 0 Å². The van der Waals surface area contributed by atoms with E-state index in [0.717, 1.165) is 30.6 Å². The number of aromatic amines is 1. The highest BCUT2D eigenvalue weighted by Gasteiger charge is 2.41. The Bertz CT molecular complexity index is 298. The largest absolute Gasteiger partial charge is 0.330 e. The molecule has 5 nitrogen and oxygen atoms in total. The monoisotopic (exact) mass is 209 g/mol. The number of tetrazole rings is 1. The van der Waals surface area contributed by atoms with E-state index in [1.807, 2.05) is 0 Å². The Morgan fingerprint density at radius 2 is 2.07 bits per heavy atom. The van der Waals surface area contributed by atoms with E-state index in [4.69, 9.17) is 5.73 Å². The van der Waals surface area contributed by atoms with Gasteiger partial charge in [-0.05, 0) is 47.1 Å². The quantitative estimate of drug-likeness (QED) is 0.770. The second kappa shape index (κ2) is 3.89. The van der Waals surface area contributed by atoms with E-state index in [0.29, 0.717) is 0 Å². The van der Waals surface area contributed by atoms with Gasteiger partial charge in [-0.1, -0.05) is 13.8 Å². The van der Waals surface area contributed by atoms with Gasteiger partial charge in [-0.15, -0.1) is 5.10 Å². The van der Waals surface area contributed by atoms with Gasteiger partial charge in [-0.25, -0.2) is 5.10 Å². The molecule has 0 aromatic carbocycles. The molecule has 1 aliphatic rings. The summed E-state index contributed by atoms with van der Waals surface area (Å²) in [6.07, 6.45) is 3.25. The normalized spacial score (nSPS) is 35.9. The maximum Gasteiger partial charge on any atom is 0.149 e. The van der Waals surface area contributed by atoms with Gasteiger partial charge in [0.05, 0.1) is 0 Å². The fourth-order valence-corrected chi connectivity index (χ4v) is 2.84. The van der Waals surface area contributed by atoms with Crippen molar-refractivity contribution >= 4 is 0 Å². The average Bonchev–Trinajstić information content (AvgIpc) is 2.78. The van der Waals surface area contributed by atoms with Crippen LogP contribution in [0.3, 0.4) is 0 Å². The highest BCUT2D eigenvalue weighted by atomic mass is 15.5. The van der Waals surface area contributed by atoms with Crippen molar-refractivity contribution in [3.05, 3.63) is 5.82 Å². The lowest BCUT2D eigenvalue weighted by atomic mass is 9.81. The van der Waals surface area contributed by atoms with Crippen LogP contribution in [0.25, 0.3) is 0 Å². The third kappa shape index (κ3) is 2.02. The number of nitrogens with two attached hydrogens (primary N) is 1. The molecule has 0 aliphatic heterocycles. The molecular formula is C10H19N5. The number of rotatable bonds is 3. The van der Waals surface area contributed by atoms with Crippen LogP contribution in [0, 0.1) is 17.3 Å². The fourth-order valence-electron chi connectivity index (χ4n) is 2.84. The minimum atomic E-state index is 0.208. The Morgan fingerprint density at radius 1 is 1.40 bits per heavy atom. The van der Waals surface area contributed by atoms with E-state index in [1.165, 1.54) is 12.8 Å². The summed E-state index contributed by atoms with van der Waals surface area (Å²) >= 11 is 0. The van der Waals surface area contributed by atoms with Crippen LogP contribution in [-0.2, 0) is 6.42 Å². The van der Waals surface area contributed by atoms with Crippen molar-refractivity contribution in [1.82, 2.24) is 20.6 Å². The summed E-state index contributed by atoms with van der Waals surface area (Å²) in [6, 6.07) is 0. The molecule has 5 heteroatoms. The second-order valence-corrected chi connectivity index (χ2v) is 5.09. The number of nitrogens with one attached hydrogen (secondary N) is 1. The van der Waals surface area contributed by atoms with Gasteiger partial charge in [-0.2, -0.15) is 0 Å². The van der Waals surface area contributed by atoms with E-state index in [1.54, 1.807) is 0 Å². The molecule has 1 aliphatic carbocycles. The van der Waals surface area contributed by atoms with Crippen LogP contribution in [0.2, 0.25) is 0 Å². The third-order valence-electron chi connectivity index (χ3n) is 3.85. The Labute approximate surface area is 89.8 Å². The Kier molecular flexibility index (Phi) is 2.73. The highest BCUT2D eigenvalue weighted by molar-refractivity contribution is 4.98. The molecule has 1 aromatic rings. The highest BCUT2D eigenvalue weighted by Crippen LogP contribution is 2.46. The molecule has 2 unspecified atom stereocenters. The molecule has 1 saturated carbocycles. The molecule has 0 amide bonds. The summed E-state index contributed by atoms with van der Waals surface area (Å²) in [6.45, 7) is 5.34.